The molecule has 0 unspecified atom stereocenters. The Morgan fingerprint density at radius 2 is 1.94 bits per heavy atom. The first-order chi connectivity index (χ1) is 8.79. The molecular weight excluding hydrogens is 226 g/mol. The second-order valence-corrected chi connectivity index (χ2v) is 4.79. The van der Waals surface area contributed by atoms with Crippen LogP contribution >= 0.6 is 0 Å². The van der Waals surface area contributed by atoms with Crippen LogP contribution in [0.4, 0.5) is 10.5 Å². The number of para-hydroxylation sites is 1. The van der Waals surface area contributed by atoms with Crippen molar-refractivity contribution in [3.05, 3.63) is 29.8 Å². The van der Waals surface area contributed by atoms with E-state index in [2.05, 4.69) is 10.6 Å². The first-order valence-electron chi connectivity index (χ1n) is 6.65. The lowest BCUT2D eigenvalue weighted by Gasteiger charge is -2.23. The van der Waals surface area contributed by atoms with Gasteiger partial charge in [-0.15, -0.1) is 0 Å². The maximum absolute atomic E-state index is 11.9. The molecule has 1 fully saturated rings. The number of hydrogen-bond acceptors (Lipinski definition) is 2. The maximum Gasteiger partial charge on any atom is 0.319 e. The maximum atomic E-state index is 11.9. The predicted octanol–water partition coefficient (Wildman–Crippen LogP) is 2.60. The first-order valence-corrected chi connectivity index (χ1v) is 6.65. The second-order valence-electron chi connectivity index (χ2n) is 4.79. The molecule has 0 spiro atoms. The van der Waals surface area contributed by atoms with Crippen molar-refractivity contribution in [1.29, 1.82) is 0 Å². The van der Waals surface area contributed by atoms with Crippen molar-refractivity contribution in [2.75, 3.05) is 5.32 Å². The van der Waals surface area contributed by atoms with Gasteiger partial charge >= 0.3 is 6.03 Å². The summed E-state index contributed by atoms with van der Waals surface area (Å²) in [6.45, 7) is 0.430. The Balaban J connectivity index is 1.90. The van der Waals surface area contributed by atoms with Crippen molar-refractivity contribution < 1.29 is 4.79 Å². The Morgan fingerprint density at radius 3 is 2.67 bits per heavy atom. The number of carbonyl (C=O) groups excluding carboxylic acids is 1. The van der Waals surface area contributed by atoms with Crippen molar-refractivity contribution in [1.82, 2.24) is 5.32 Å². The largest absolute Gasteiger partial charge is 0.335 e. The van der Waals surface area contributed by atoms with Crippen LogP contribution < -0.4 is 16.4 Å². The van der Waals surface area contributed by atoms with Gasteiger partial charge in [0.15, 0.2) is 0 Å². The van der Waals surface area contributed by atoms with Gasteiger partial charge in [0.1, 0.15) is 0 Å². The molecule has 1 aromatic rings. The third kappa shape index (κ3) is 3.47. The molecule has 18 heavy (non-hydrogen) atoms. The monoisotopic (exact) mass is 247 g/mol. The van der Waals surface area contributed by atoms with Gasteiger partial charge in [0, 0.05) is 18.3 Å². The van der Waals surface area contributed by atoms with E-state index in [1.807, 2.05) is 24.3 Å². The van der Waals surface area contributed by atoms with Gasteiger partial charge in [-0.2, -0.15) is 0 Å². The fourth-order valence-electron chi connectivity index (χ4n) is 2.41. The van der Waals surface area contributed by atoms with Crippen LogP contribution in [0.2, 0.25) is 0 Å². The van der Waals surface area contributed by atoms with Crippen LogP contribution in [-0.4, -0.2) is 12.1 Å². The Morgan fingerprint density at radius 1 is 1.22 bits per heavy atom. The van der Waals surface area contributed by atoms with Gasteiger partial charge < -0.3 is 16.4 Å². The zero-order valence-corrected chi connectivity index (χ0v) is 10.6. The molecule has 4 nitrogen and oxygen atoms in total. The number of hydrogen-bond donors (Lipinski definition) is 3. The average molecular weight is 247 g/mol. The van der Waals surface area contributed by atoms with Crippen molar-refractivity contribution in [3.63, 3.8) is 0 Å². The number of benzene rings is 1. The van der Waals surface area contributed by atoms with Crippen LogP contribution in [0.1, 0.15) is 37.7 Å². The average Bonchev–Trinajstić information content (AvgIpc) is 2.40. The molecular formula is C14H21N3O. The summed E-state index contributed by atoms with van der Waals surface area (Å²) in [6, 6.07) is 7.83. The minimum absolute atomic E-state index is 0.122. The molecule has 1 saturated carbocycles. The van der Waals surface area contributed by atoms with Gasteiger partial charge in [-0.3, -0.25) is 0 Å². The molecule has 1 aromatic carbocycles. The lowest BCUT2D eigenvalue weighted by molar-refractivity contribution is 0.244. The Hall–Kier alpha value is -1.55. The third-order valence-corrected chi connectivity index (χ3v) is 3.43. The van der Waals surface area contributed by atoms with Gasteiger partial charge in [-0.05, 0) is 24.5 Å². The second kappa shape index (κ2) is 6.40. The highest BCUT2D eigenvalue weighted by atomic mass is 16.2. The third-order valence-electron chi connectivity index (χ3n) is 3.43. The minimum atomic E-state index is -0.122. The summed E-state index contributed by atoms with van der Waals surface area (Å²) in [5, 5.41) is 5.91. The number of urea groups is 1. The molecule has 1 aliphatic rings. The van der Waals surface area contributed by atoms with Crippen LogP contribution in [0.5, 0.6) is 0 Å². The van der Waals surface area contributed by atoms with Crippen LogP contribution in [-0.2, 0) is 6.54 Å². The van der Waals surface area contributed by atoms with Gasteiger partial charge in [0.05, 0.1) is 0 Å². The van der Waals surface area contributed by atoms with E-state index in [1.54, 1.807) is 0 Å². The SMILES string of the molecule is NCc1ccccc1NC(=O)NC1CCCCC1. The fourth-order valence-corrected chi connectivity index (χ4v) is 2.41. The van der Waals surface area contributed by atoms with Gasteiger partial charge in [-0.25, -0.2) is 4.79 Å². The van der Waals surface area contributed by atoms with E-state index in [4.69, 9.17) is 5.73 Å². The molecule has 0 atom stereocenters. The number of anilines is 1. The van der Waals surface area contributed by atoms with Gasteiger partial charge in [0.25, 0.3) is 0 Å². The summed E-state index contributed by atoms with van der Waals surface area (Å²) in [4.78, 5) is 11.9. The molecule has 0 aromatic heterocycles. The van der Waals surface area contributed by atoms with Crippen molar-refractivity contribution in [2.45, 2.75) is 44.7 Å². The Bertz CT molecular complexity index is 400. The van der Waals surface area contributed by atoms with Crippen LogP contribution in [0.15, 0.2) is 24.3 Å². The highest BCUT2D eigenvalue weighted by Gasteiger charge is 2.15. The molecule has 0 bridgehead atoms. The number of nitrogens with two attached hydrogens (primary N) is 1. The van der Waals surface area contributed by atoms with Crippen molar-refractivity contribution >= 4 is 11.7 Å². The predicted molar refractivity (Wildman–Crippen MR) is 73.4 cm³/mol. The molecule has 0 radical (unpaired) electrons. The summed E-state index contributed by atoms with van der Waals surface area (Å²) >= 11 is 0. The summed E-state index contributed by atoms with van der Waals surface area (Å²) in [5.74, 6) is 0. The van der Waals surface area contributed by atoms with Crippen molar-refractivity contribution in [2.24, 2.45) is 5.73 Å². The van der Waals surface area contributed by atoms with Crippen LogP contribution in [0.3, 0.4) is 0 Å². The summed E-state index contributed by atoms with van der Waals surface area (Å²) in [5.41, 5.74) is 7.39. The topological polar surface area (TPSA) is 67.1 Å². The van der Waals surface area contributed by atoms with E-state index in [0.29, 0.717) is 12.6 Å². The number of nitrogens with one attached hydrogen (secondary N) is 2. The van der Waals surface area contributed by atoms with E-state index < -0.39 is 0 Å². The summed E-state index contributed by atoms with van der Waals surface area (Å²) in [6.07, 6.45) is 5.89. The van der Waals surface area contributed by atoms with Gasteiger partial charge in [0.2, 0.25) is 0 Å². The Labute approximate surface area is 108 Å². The van der Waals surface area contributed by atoms with Crippen molar-refractivity contribution in [3.8, 4) is 0 Å². The summed E-state index contributed by atoms with van der Waals surface area (Å²) in [7, 11) is 0. The van der Waals surface area contributed by atoms with E-state index in [9.17, 15) is 4.79 Å². The molecule has 1 aliphatic carbocycles. The molecule has 4 N–H and O–H groups in total. The van der Waals surface area contributed by atoms with E-state index in [1.165, 1.54) is 19.3 Å². The standard InChI is InChI=1S/C14H21N3O/c15-10-11-6-4-5-9-13(11)17-14(18)16-12-7-2-1-3-8-12/h4-6,9,12H,1-3,7-8,10,15H2,(H2,16,17,18). The van der Waals surface area contributed by atoms with Gasteiger partial charge in [-0.1, -0.05) is 37.5 Å². The van der Waals surface area contributed by atoms with Crippen LogP contribution in [0, 0.1) is 0 Å². The minimum Gasteiger partial charge on any atom is -0.335 e. The highest BCUT2D eigenvalue weighted by molar-refractivity contribution is 5.90. The quantitative estimate of drug-likeness (QED) is 0.768. The van der Waals surface area contributed by atoms with E-state index in [-0.39, 0.29) is 6.03 Å². The molecule has 4 heteroatoms. The lowest BCUT2D eigenvalue weighted by atomic mass is 9.96. The normalized spacial score (nSPS) is 16.3. The van der Waals surface area contributed by atoms with E-state index in [0.717, 1.165) is 24.1 Å². The summed E-state index contributed by atoms with van der Waals surface area (Å²) < 4.78 is 0. The first kappa shape index (κ1) is 12.9. The Kier molecular flexibility index (Phi) is 4.59. The molecule has 0 saturated heterocycles. The molecule has 0 heterocycles. The van der Waals surface area contributed by atoms with Crippen LogP contribution in [0.25, 0.3) is 0 Å². The van der Waals surface area contributed by atoms with E-state index >= 15 is 0 Å². The fraction of sp³-hybridized carbons (Fsp3) is 0.500. The molecule has 0 aliphatic heterocycles. The number of amides is 2. The zero-order chi connectivity index (χ0) is 12.8. The molecule has 2 amide bonds. The lowest BCUT2D eigenvalue weighted by Crippen LogP contribution is -2.39. The molecule has 2 rings (SSSR count). The number of rotatable bonds is 3. The smallest absolute Gasteiger partial charge is 0.319 e. The zero-order valence-electron chi connectivity index (χ0n) is 10.6. The molecule has 98 valence electrons. The number of carbonyl (C=O) groups is 1. The highest BCUT2D eigenvalue weighted by Crippen LogP contribution is 2.18.